The fourth-order valence-corrected chi connectivity index (χ4v) is 7.75. The zero-order valence-electron chi connectivity index (χ0n) is 26.2. The van der Waals surface area contributed by atoms with E-state index >= 15 is 0 Å². The Morgan fingerprint density at radius 1 is 1.09 bits per heavy atom. The third kappa shape index (κ3) is 6.83. The molecule has 1 fully saturated rings. The number of nitrogens with zero attached hydrogens (tertiary/aromatic N) is 3. The number of aliphatic hydroxyl groups excluding tert-OH is 1. The van der Waals surface area contributed by atoms with Gasteiger partial charge < -0.3 is 19.3 Å². The summed E-state index contributed by atoms with van der Waals surface area (Å²) in [6, 6.07) is 17.1. The van der Waals surface area contributed by atoms with E-state index < -0.39 is 17.7 Å². The van der Waals surface area contributed by atoms with Crippen LogP contribution in [0.1, 0.15) is 61.9 Å². The largest absolute Gasteiger partial charge is 0.507 e. The predicted molar refractivity (Wildman–Crippen MR) is 184 cm³/mol. The van der Waals surface area contributed by atoms with Crippen molar-refractivity contribution in [3.8, 4) is 17.2 Å². The van der Waals surface area contributed by atoms with Gasteiger partial charge in [0.05, 0.1) is 24.8 Å². The Balaban J connectivity index is 1.42. The van der Waals surface area contributed by atoms with E-state index in [4.69, 9.17) is 25.8 Å². The van der Waals surface area contributed by atoms with Gasteiger partial charge in [-0.2, -0.15) is 0 Å². The number of unbranched alkanes of at least 4 members (excludes halogenated alkanes) is 1. The molecule has 1 amide bonds. The number of aliphatic hydroxyl groups is 1. The van der Waals surface area contributed by atoms with Crippen molar-refractivity contribution in [2.45, 2.75) is 62.3 Å². The standard InChI is InChI=1S/C35H34ClN3O6S2/c1-4-6-15-44-27-14-11-21(18-28(27)43-5-2)30-29(31(40)22-12-13-26-24(17-22)16-20(3)45-26)32(41)33(42)39(30)34-37-38-35(47-34)46-19-23-9-7-8-10-25(23)36/h7-14,17-18,20,30,40H,4-6,15-16,19H2,1-3H3/b31-29-. The van der Waals surface area contributed by atoms with Gasteiger partial charge in [0, 0.05) is 22.8 Å². The van der Waals surface area contributed by atoms with Crippen molar-refractivity contribution in [1.29, 1.82) is 0 Å². The first-order valence-corrected chi connectivity index (χ1v) is 17.7. The Morgan fingerprint density at radius 3 is 2.70 bits per heavy atom. The second-order valence-corrected chi connectivity index (χ2v) is 13.8. The number of hydrogen-bond donors (Lipinski definition) is 1. The molecule has 12 heteroatoms. The zero-order valence-corrected chi connectivity index (χ0v) is 28.6. The molecule has 0 radical (unpaired) electrons. The molecule has 3 heterocycles. The number of benzene rings is 3. The lowest BCUT2D eigenvalue weighted by molar-refractivity contribution is -0.132. The Hall–Kier alpha value is -4.06. The number of anilines is 1. The summed E-state index contributed by atoms with van der Waals surface area (Å²) in [5.74, 6) is 0.411. The molecule has 1 N–H and O–H groups in total. The lowest BCUT2D eigenvalue weighted by atomic mass is 9.94. The van der Waals surface area contributed by atoms with Crippen molar-refractivity contribution in [2.24, 2.45) is 0 Å². The number of aromatic nitrogens is 2. The van der Waals surface area contributed by atoms with Gasteiger partial charge in [0.2, 0.25) is 5.13 Å². The van der Waals surface area contributed by atoms with Crippen LogP contribution in [0.3, 0.4) is 0 Å². The Labute approximate surface area is 286 Å². The molecule has 1 aromatic heterocycles. The van der Waals surface area contributed by atoms with E-state index in [0.717, 1.165) is 29.7 Å². The lowest BCUT2D eigenvalue weighted by Crippen LogP contribution is -2.29. The summed E-state index contributed by atoms with van der Waals surface area (Å²) in [6.45, 7) is 6.83. The summed E-state index contributed by atoms with van der Waals surface area (Å²) < 4.78 is 18.4. The number of thioether (sulfide) groups is 1. The molecule has 2 aliphatic rings. The number of Topliss-reactive ketones (excluding diaryl/α,β-unsaturated/α-hetero) is 1. The van der Waals surface area contributed by atoms with Gasteiger partial charge >= 0.3 is 5.91 Å². The number of rotatable bonds is 12. The Kier molecular flexibility index (Phi) is 10.0. The van der Waals surface area contributed by atoms with Gasteiger partial charge in [0.1, 0.15) is 17.6 Å². The number of ether oxygens (including phenoxy) is 3. The van der Waals surface area contributed by atoms with Crippen LogP contribution in [0.25, 0.3) is 5.76 Å². The number of halogens is 1. The van der Waals surface area contributed by atoms with E-state index in [1.807, 2.05) is 44.2 Å². The predicted octanol–water partition coefficient (Wildman–Crippen LogP) is 8.01. The number of amides is 1. The number of hydrogen-bond acceptors (Lipinski definition) is 10. The maximum Gasteiger partial charge on any atom is 0.301 e. The molecule has 0 spiro atoms. The molecule has 244 valence electrons. The van der Waals surface area contributed by atoms with Crippen molar-refractivity contribution < 1.29 is 28.9 Å². The fourth-order valence-electron chi connectivity index (χ4n) is 5.59. The first-order valence-electron chi connectivity index (χ1n) is 15.5. The highest BCUT2D eigenvalue weighted by Gasteiger charge is 2.48. The molecule has 2 unspecified atom stereocenters. The SMILES string of the molecule is CCCCOc1ccc(C2/C(=C(/O)c3ccc4c(c3)CC(C)O4)C(=O)C(=O)N2c2nnc(SCc3ccccc3Cl)s2)cc1OCC. The van der Waals surface area contributed by atoms with Crippen molar-refractivity contribution in [2.75, 3.05) is 18.1 Å². The van der Waals surface area contributed by atoms with E-state index in [-0.39, 0.29) is 22.6 Å². The van der Waals surface area contributed by atoms with Gasteiger partial charge in [0.15, 0.2) is 15.8 Å². The number of ketones is 1. The molecule has 0 bridgehead atoms. The maximum atomic E-state index is 13.8. The normalized spacial score (nSPS) is 18.3. The molecular formula is C35H34ClN3O6S2. The highest BCUT2D eigenvalue weighted by molar-refractivity contribution is 8.00. The van der Waals surface area contributed by atoms with Crippen molar-refractivity contribution in [1.82, 2.24) is 10.2 Å². The first kappa shape index (κ1) is 32.9. The van der Waals surface area contributed by atoms with Crippen molar-refractivity contribution in [3.63, 3.8) is 0 Å². The minimum Gasteiger partial charge on any atom is -0.507 e. The first-order chi connectivity index (χ1) is 22.8. The average Bonchev–Trinajstić information content (AvgIpc) is 3.76. The van der Waals surface area contributed by atoms with Gasteiger partial charge in [-0.05, 0) is 73.4 Å². The quantitative estimate of drug-likeness (QED) is 0.0394. The molecule has 2 atom stereocenters. The summed E-state index contributed by atoms with van der Waals surface area (Å²) in [6.07, 6.45) is 2.53. The average molecular weight is 692 g/mol. The second-order valence-electron chi connectivity index (χ2n) is 11.2. The Bertz CT molecular complexity index is 1840. The van der Waals surface area contributed by atoms with E-state index in [1.165, 1.54) is 28.0 Å². The van der Waals surface area contributed by atoms with Crippen LogP contribution < -0.4 is 19.1 Å². The molecule has 4 aromatic rings. The minimum absolute atomic E-state index is 0.00501. The Morgan fingerprint density at radius 2 is 1.91 bits per heavy atom. The zero-order chi connectivity index (χ0) is 33.1. The third-order valence-corrected chi connectivity index (χ3v) is 10.3. The van der Waals surface area contributed by atoms with E-state index in [9.17, 15) is 14.7 Å². The van der Waals surface area contributed by atoms with Crippen LogP contribution in [0.2, 0.25) is 5.02 Å². The van der Waals surface area contributed by atoms with Gasteiger partial charge in [-0.3, -0.25) is 14.5 Å². The van der Waals surface area contributed by atoms with Crippen LogP contribution in [-0.4, -0.2) is 46.3 Å². The molecular weight excluding hydrogens is 658 g/mol. The smallest absolute Gasteiger partial charge is 0.301 e. The van der Waals surface area contributed by atoms with Gasteiger partial charge in [-0.15, -0.1) is 10.2 Å². The molecule has 9 nitrogen and oxygen atoms in total. The molecule has 6 rings (SSSR count). The van der Waals surface area contributed by atoms with E-state index in [1.54, 1.807) is 30.3 Å². The monoisotopic (exact) mass is 691 g/mol. The topological polar surface area (TPSA) is 111 Å². The van der Waals surface area contributed by atoms with Gasteiger partial charge in [0.25, 0.3) is 5.78 Å². The van der Waals surface area contributed by atoms with Crippen LogP contribution in [0.4, 0.5) is 5.13 Å². The van der Waals surface area contributed by atoms with Crippen LogP contribution in [0.15, 0.2) is 70.6 Å². The van der Waals surface area contributed by atoms with Crippen molar-refractivity contribution in [3.05, 3.63) is 93.5 Å². The van der Waals surface area contributed by atoms with Gasteiger partial charge in [-0.1, -0.05) is 72.3 Å². The molecule has 1 saturated heterocycles. The van der Waals surface area contributed by atoms with E-state index in [0.29, 0.717) is 57.4 Å². The van der Waals surface area contributed by atoms with Crippen LogP contribution in [-0.2, 0) is 21.8 Å². The van der Waals surface area contributed by atoms with Crippen LogP contribution >= 0.6 is 34.7 Å². The summed E-state index contributed by atoms with van der Waals surface area (Å²) in [5.41, 5.74) is 2.78. The molecule has 3 aromatic carbocycles. The molecule has 2 aliphatic heterocycles. The fraction of sp³-hybridized carbons (Fsp3) is 0.314. The summed E-state index contributed by atoms with van der Waals surface area (Å²) in [5, 5.41) is 21.3. The molecule has 47 heavy (non-hydrogen) atoms. The van der Waals surface area contributed by atoms with Crippen LogP contribution in [0, 0.1) is 0 Å². The van der Waals surface area contributed by atoms with E-state index in [2.05, 4.69) is 17.1 Å². The molecule has 0 saturated carbocycles. The number of fused-ring (bicyclic) bond motifs is 1. The van der Waals surface area contributed by atoms with Crippen LogP contribution in [0.5, 0.6) is 17.2 Å². The number of carbonyl (C=O) groups excluding carboxylic acids is 2. The number of carbonyl (C=O) groups is 2. The highest BCUT2D eigenvalue weighted by Crippen LogP contribution is 2.46. The maximum absolute atomic E-state index is 13.8. The molecule has 0 aliphatic carbocycles. The second kappa shape index (κ2) is 14.4. The summed E-state index contributed by atoms with van der Waals surface area (Å²) >= 11 is 8.97. The van der Waals surface area contributed by atoms with Crippen molar-refractivity contribution >= 4 is 57.3 Å². The third-order valence-electron chi connectivity index (χ3n) is 7.86. The highest BCUT2D eigenvalue weighted by atomic mass is 35.5. The summed E-state index contributed by atoms with van der Waals surface area (Å²) in [4.78, 5) is 29.0. The summed E-state index contributed by atoms with van der Waals surface area (Å²) in [7, 11) is 0. The minimum atomic E-state index is -1.00. The lowest BCUT2D eigenvalue weighted by Gasteiger charge is -2.23. The van der Waals surface area contributed by atoms with Gasteiger partial charge in [-0.25, -0.2) is 0 Å².